The number of carbonyl (C=O) groups is 1. The van der Waals surface area contributed by atoms with Crippen LogP contribution in [0.4, 0.5) is 0 Å². The number of benzene rings is 2. The summed E-state index contributed by atoms with van der Waals surface area (Å²) in [6, 6.07) is 20.4. The van der Waals surface area contributed by atoms with Gasteiger partial charge in [-0.3, -0.25) is 9.69 Å². The van der Waals surface area contributed by atoms with E-state index in [4.69, 9.17) is 4.74 Å². The molecule has 25 heavy (non-hydrogen) atoms. The molecule has 1 unspecified atom stereocenters. The Balaban J connectivity index is 1.83. The van der Waals surface area contributed by atoms with Crippen molar-refractivity contribution in [2.45, 2.75) is 26.5 Å². The van der Waals surface area contributed by atoms with Gasteiger partial charge in [0.1, 0.15) is 6.61 Å². The number of nitrogens with one attached hydrogen (secondary N) is 1. The summed E-state index contributed by atoms with van der Waals surface area (Å²) < 4.78 is 5.51. The maximum absolute atomic E-state index is 12.1. The second-order valence-electron chi connectivity index (χ2n) is 5.93. The quantitative estimate of drug-likeness (QED) is 0.721. The highest BCUT2D eigenvalue weighted by molar-refractivity contribution is 5.77. The number of hydrogen-bond acceptors (Lipinski definition) is 3. The number of amides is 1. The van der Waals surface area contributed by atoms with E-state index in [2.05, 4.69) is 36.2 Å². The minimum atomic E-state index is -0.0796. The molecule has 0 aliphatic heterocycles. The standard InChI is InChI=1S/C21H28N2O2/c1-3-23(4-2)20(19-13-9-6-10-14-19)15-22-21(24)17-25-16-18-11-7-5-8-12-18/h5-14,20H,3-4,15-17H2,1-2H3,(H,22,24). The minimum Gasteiger partial charge on any atom is -0.367 e. The van der Waals surface area contributed by atoms with Crippen LogP contribution in [0, 0.1) is 0 Å². The zero-order valence-corrected chi connectivity index (χ0v) is 15.2. The lowest BCUT2D eigenvalue weighted by molar-refractivity contribution is -0.126. The third-order valence-corrected chi connectivity index (χ3v) is 4.27. The summed E-state index contributed by atoms with van der Waals surface area (Å²) in [5.41, 5.74) is 2.29. The Morgan fingerprint density at radius 2 is 1.60 bits per heavy atom. The minimum absolute atomic E-state index is 0.0780. The van der Waals surface area contributed by atoms with Crippen molar-refractivity contribution in [2.75, 3.05) is 26.2 Å². The summed E-state index contributed by atoms with van der Waals surface area (Å²) in [5, 5.41) is 3.01. The van der Waals surface area contributed by atoms with Crippen LogP contribution < -0.4 is 5.32 Å². The average molecular weight is 340 g/mol. The fourth-order valence-electron chi connectivity index (χ4n) is 2.89. The maximum atomic E-state index is 12.1. The first-order valence-electron chi connectivity index (χ1n) is 8.92. The lowest BCUT2D eigenvalue weighted by atomic mass is 10.1. The Labute approximate surface area is 150 Å². The molecule has 0 spiro atoms. The highest BCUT2D eigenvalue weighted by Crippen LogP contribution is 2.19. The first-order chi connectivity index (χ1) is 12.2. The summed E-state index contributed by atoms with van der Waals surface area (Å²) in [6.45, 7) is 7.28. The highest BCUT2D eigenvalue weighted by Gasteiger charge is 2.18. The predicted molar refractivity (Wildman–Crippen MR) is 101 cm³/mol. The average Bonchev–Trinajstić information content (AvgIpc) is 2.66. The van der Waals surface area contributed by atoms with Crippen molar-refractivity contribution in [3.8, 4) is 0 Å². The smallest absolute Gasteiger partial charge is 0.246 e. The molecule has 0 radical (unpaired) electrons. The van der Waals surface area contributed by atoms with Gasteiger partial charge in [-0.25, -0.2) is 0 Å². The molecule has 0 saturated heterocycles. The van der Waals surface area contributed by atoms with E-state index in [1.165, 1.54) is 5.56 Å². The van der Waals surface area contributed by atoms with Gasteiger partial charge in [0.2, 0.25) is 5.91 Å². The van der Waals surface area contributed by atoms with Crippen molar-refractivity contribution in [3.63, 3.8) is 0 Å². The molecule has 0 aliphatic carbocycles. The zero-order valence-electron chi connectivity index (χ0n) is 15.2. The van der Waals surface area contributed by atoms with E-state index in [9.17, 15) is 4.79 Å². The molecule has 1 atom stereocenters. The number of rotatable bonds is 10. The molecular formula is C21H28N2O2. The molecule has 0 aliphatic rings. The van der Waals surface area contributed by atoms with Crippen molar-refractivity contribution in [1.82, 2.24) is 10.2 Å². The fourth-order valence-corrected chi connectivity index (χ4v) is 2.89. The van der Waals surface area contributed by atoms with Gasteiger partial charge in [0.05, 0.1) is 12.6 Å². The molecule has 0 heterocycles. The first-order valence-corrected chi connectivity index (χ1v) is 8.92. The van der Waals surface area contributed by atoms with E-state index in [0.717, 1.165) is 18.7 Å². The molecule has 1 N–H and O–H groups in total. The molecule has 0 fully saturated rings. The van der Waals surface area contributed by atoms with Crippen LogP contribution in [-0.4, -0.2) is 37.0 Å². The summed E-state index contributed by atoms with van der Waals surface area (Å²) in [4.78, 5) is 14.5. The molecule has 1 amide bonds. The van der Waals surface area contributed by atoms with Crippen LogP contribution in [0.5, 0.6) is 0 Å². The van der Waals surface area contributed by atoms with E-state index in [0.29, 0.717) is 13.2 Å². The van der Waals surface area contributed by atoms with E-state index in [1.54, 1.807) is 0 Å². The fraction of sp³-hybridized carbons (Fsp3) is 0.381. The Morgan fingerprint density at radius 1 is 1.00 bits per heavy atom. The van der Waals surface area contributed by atoms with Crippen LogP contribution in [0.2, 0.25) is 0 Å². The second kappa shape index (κ2) is 10.6. The first kappa shape index (κ1) is 19.2. The zero-order chi connectivity index (χ0) is 17.9. The molecule has 0 bridgehead atoms. The lowest BCUT2D eigenvalue weighted by Gasteiger charge is -2.30. The Morgan fingerprint density at radius 3 is 2.20 bits per heavy atom. The van der Waals surface area contributed by atoms with Crippen molar-refractivity contribution in [1.29, 1.82) is 0 Å². The molecule has 4 nitrogen and oxygen atoms in total. The molecule has 134 valence electrons. The lowest BCUT2D eigenvalue weighted by Crippen LogP contribution is -2.39. The molecular weight excluding hydrogens is 312 g/mol. The predicted octanol–water partition coefficient (Wildman–Crippen LogP) is 3.40. The van der Waals surface area contributed by atoms with Gasteiger partial charge in [0.15, 0.2) is 0 Å². The van der Waals surface area contributed by atoms with Gasteiger partial charge < -0.3 is 10.1 Å². The van der Waals surface area contributed by atoms with Gasteiger partial charge in [-0.15, -0.1) is 0 Å². The van der Waals surface area contributed by atoms with Gasteiger partial charge in [0.25, 0.3) is 0 Å². The van der Waals surface area contributed by atoms with Gasteiger partial charge in [-0.05, 0) is 24.2 Å². The number of nitrogens with zero attached hydrogens (tertiary/aromatic N) is 1. The summed E-state index contributed by atoms with van der Waals surface area (Å²) in [7, 11) is 0. The van der Waals surface area contributed by atoms with Crippen LogP contribution in [0.3, 0.4) is 0 Å². The molecule has 2 aromatic rings. The number of ether oxygens (including phenoxy) is 1. The van der Waals surface area contributed by atoms with Crippen molar-refractivity contribution >= 4 is 5.91 Å². The highest BCUT2D eigenvalue weighted by atomic mass is 16.5. The third kappa shape index (κ3) is 6.33. The van der Waals surface area contributed by atoms with Crippen LogP contribution in [0.1, 0.15) is 31.0 Å². The third-order valence-electron chi connectivity index (χ3n) is 4.27. The molecule has 2 aromatic carbocycles. The molecule has 0 aromatic heterocycles. The van der Waals surface area contributed by atoms with Crippen molar-refractivity contribution in [2.24, 2.45) is 0 Å². The Bertz CT molecular complexity index is 612. The number of hydrogen-bond donors (Lipinski definition) is 1. The summed E-state index contributed by atoms with van der Waals surface area (Å²) >= 11 is 0. The summed E-state index contributed by atoms with van der Waals surface area (Å²) in [6.07, 6.45) is 0. The van der Waals surface area contributed by atoms with Crippen LogP contribution >= 0.6 is 0 Å². The maximum Gasteiger partial charge on any atom is 0.246 e. The topological polar surface area (TPSA) is 41.6 Å². The van der Waals surface area contributed by atoms with E-state index < -0.39 is 0 Å². The van der Waals surface area contributed by atoms with Crippen LogP contribution in [-0.2, 0) is 16.1 Å². The van der Waals surface area contributed by atoms with Gasteiger partial charge in [-0.2, -0.15) is 0 Å². The molecule has 4 heteroatoms. The molecule has 2 rings (SSSR count). The monoisotopic (exact) mass is 340 g/mol. The number of likely N-dealkylation sites (N-methyl/N-ethyl adjacent to an activating group) is 1. The van der Waals surface area contributed by atoms with Crippen molar-refractivity contribution < 1.29 is 9.53 Å². The summed E-state index contributed by atoms with van der Waals surface area (Å²) in [5.74, 6) is -0.0796. The van der Waals surface area contributed by atoms with E-state index >= 15 is 0 Å². The Kier molecular flexibility index (Phi) is 8.16. The van der Waals surface area contributed by atoms with E-state index in [-0.39, 0.29) is 18.6 Å². The van der Waals surface area contributed by atoms with Crippen LogP contribution in [0.15, 0.2) is 60.7 Å². The number of carbonyl (C=O) groups excluding carboxylic acids is 1. The van der Waals surface area contributed by atoms with Gasteiger partial charge >= 0.3 is 0 Å². The normalized spacial score (nSPS) is 12.1. The van der Waals surface area contributed by atoms with Crippen molar-refractivity contribution in [3.05, 3.63) is 71.8 Å². The largest absolute Gasteiger partial charge is 0.367 e. The van der Waals surface area contributed by atoms with E-state index in [1.807, 2.05) is 48.5 Å². The van der Waals surface area contributed by atoms with Gasteiger partial charge in [0, 0.05) is 6.54 Å². The second-order valence-corrected chi connectivity index (χ2v) is 5.93. The SMILES string of the molecule is CCN(CC)C(CNC(=O)COCc1ccccc1)c1ccccc1. The Hall–Kier alpha value is -2.17. The molecule has 0 saturated carbocycles. The van der Waals surface area contributed by atoms with Crippen LogP contribution in [0.25, 0.3) is 0 Å². The van der Waals surface area contributed by atoms with Gasteiger partial charge in [-0.1, -0.05) is 74.5 Å².